The molecular formula is C38H54Cl2N8O5. The summed E-state index contributed by atoms with van der Waals surface area (Å²) in [7, 11) is 0. The van der Waals surface area contributed by atoms with Crippen LogP contribution in [-0.4, -0.2) is 82.6 Å². The highest BCUT2D eigenvalue weighted by Gasteiger charge is 2.24. The molecule has 4 aromatic rings. The first-order valence-electron chi connectivity index (χ1n) is 16.8. The molecule has 7 N–H and O–H groups in total. The van der Waals surface area contributed by atoms with Gasteiger partial charge in [-0.3, -0.25) is 4.79 Å². The molecule has 5 amide bonds. The van der Waals surface area contributed by atoms with Crippen molar-refractivity contribution >= 4 is 58.7 Å². The summed E-state index contributed by atoms with van der Waals surface area (Å²) in [6, 6.07) is 21.2. The molecule has 2 saturated heterocycles. The van der Waals surface area contributed by atoms with Crippen molar-refractivity contribution in [3.63, 3.8) is 0 Å². The van der Waals surface area contributed by atoms with E-state index >= 15 is 0 Å². The Bertz CT molecular complexity index is 1560. The molecule has 13 nitrogen and oxygen atoms in total. The lowest BCUT2D eigenvalue weighted by Gasteiger charge is -2.32. The number of nitrogens with zero attached hydrogens (tertiary/aromatic N) is 1. The first-order chi connectivity index (χ1) is 25.2. The summed E-state index contributed by atoms with van der Waals surface area (Å²) in [5.41, 5.74) is 4.63. The predicted octanol–water partition coefficient (Wildman–Crippen LogP) is 7.35. The molecule has 0 saturated carbocycles. The maximum Gasteiger partial charge on any atom is 0.373 e. The molecule has 6 rings (SSSR count). The smallest absolute Gasteiger partial charge is 0.368 e. The molecule has 0 bridgehead atoms. The summed E-state index contributed by atoms with van der Waals surface area (Å²) in [5.74, 6) is 0.0406. The molecule has 2 fully saturated rings. The van der Waals surface area contributed by atoms with E-state index in [0.29, 0.717) is 24.7 Å². The number of rotatable bonds is 5. The summed E-state index contributed by atoms with van der Waals surface area (Å²) in [6.07, 6.45) is 11.0. The van der Waals surface area contributed by atoms with Crippen LogP contribution in [0.5, 0.6) is 0 Å². The number of aryl methyl sites for hydroxylation is 2. The Kier molecular flexibility index (Phi) is 23.9. The second-order valence-electron chi connectivity index (χ2n) is 11.7. The van der Waals surface area contributed by atoms with Crippen molar-refractivity contribution in [2.75, 3.05) is 42.2 Å². The summed E-state index contributed by atoms with van der Waals surface area (Å²) >= 11 is 9.53. The number of urea groups is 2. The quantitative estimate of drug-likeness (QED) is 0.104. The molecular weight excluding hydrogens is 719 g/mol. The SMILES string of the molecule is C.Cc1ccc(NC(=O)NC2CCN(C(=O)c3cc[nH]c3)CC2)cc1.Cc1ccc(NC(=O)NC2CCNCC2)cc1.ClCCl.O=C=O.[2HH].c1cc[nH]c1. The molecule has 0 aliphatic carbocycles. The highest BCUT2D eigenvalue weighted by Crippen LogP contribution is 2.15. The fourth-order valence-corrected chi connectivity index (χ4v) is 5.09. The van der Waals surface area contributed by atoms with Crippen molar-refractivity contribution in [3.05, 3.63) is 108 Å². The number of amides is 5. The van der Waals surface area contributed by atoms with Gasteiger partial charge in [0.05, 0.1) is 10.9 Å². The highest BCUT2D eigenvalue weighted by molar-refractivity contribution is 6.40. The highest BCUT2D eigenvalue weighted by atomic mass is 35.5. The molecule has 0 unspecified atom stereocenters. The summed E-state index contributed by atoms with van der Waals surface area (Å²) in [6.45, 7) is 7.30. The van der Waals surface area contributed by atoms with E-state index in [2.05, 4.69) is 36.6 Å². The largest absolute Gasteiger partial charge is 0.373 e. The summed E-state index contributed by atoms with van der Waals surface area (Å²) in [4.78, 5) is 59.9. The van der Waals surface area contributed by atoms with Crippen LogP contribution >= 0.6 is 23.2 Å². The molecule has 4 heterocycles. The van der Waals surface area contributed by atoms with Crippen molar-refractivity contribution in [2.45, 2.75) is 59.0 Å². The molecule has 290 valence electrons. The van der Waals surface area contributed by atoms with Crippen LogP contribution in [0.25, 0.3) is 0 Å². The molecule has 53 heavy (non-hydrogen) atoms. The zero-order chi connectivity index (χ0) is 38.0. The molecule has 2 aromatic carbocycles. The van der Waals surface area contributed by atoms with Crippen LogP contribution in [0.1, 0.15) is 56.0 Å². The molecule has 0 atom stereocenters. The third-order valence-electron chi connectivity index (χ3n) is 7.75. The van der Waals surface area contributed by atoms with Crippen LogP contribution in [0.15, 0.2) is 91.5 Å². The van der Waals surface area contributed by atoms with Gasteiger partial charge in [-0.1, -0.05) is 42.8 Å². The van der Waals surface area contributed by atoms with Crippen LogP contribution in [-0.2, 0) is 9.59 Å². The van der Waals surface area contributed by atoms with E-state index in [-0.39, 0.29) is 44.4 Å². The number of likely N-dealkylation sites (tertiary alicyclic amines) is 1. The van der Waals surface area contributed by atoms with Crippen LogP contribution < -0.4 is 26.6 Å². The van der Waals surface area contributed by atoms with Crippen LogP contribution in [0.2, 0.25) is 0 Å². The monoisotopic (exact) mass is 773 g/mol. The molecule has 2 aromatic heterocycles. The Morgan fingerprint density at radius 1 is 0.736 bits per heavy atom. The Hall–Kier alpha value is -5.07. The fraction of sp³-hybridized carbons (Fsp3) is 0.368. The van der Waals surface area contributed by atoms with Crippen LogP contribution in [0.4, 0.5) is 21.0 Å². The summed E-state index contributed by atoms with van der Waals surface area (Å²) in [5, 5.41) is 15.1. The van der Waals surface area contributed by atoms with Crippen molar-refractivity contribution in [1.29, 1.82) is 0 Å². The van der Waals surface area contributed by atoms with Gasteiger partial charge >= 0.3 is 18.2 Å². The number of carbonyl (C=O) groups excluding carboxylic acids is 5. The number of benzene rings is 2. The molecule has 0 radical (unpaired) electrons. The average molecular weight is 775 g/mol. The van der Waals surface area contributed by atoms with Gasteiger partial charge in [-0.15, -0.1) is 23.2 Å². The second kappa shape index (κ2) is 27.6. The van der Waals surface area contributed by atoms with E-state index in [9.17, 15) is 14.4 Å². The van der Waals surface area contributed by atoms with E-state index in [1.54, 1.807) is 18.5 Å². The van der Waals surface area contributed by atoms with Gasteiger partial charge in [-0.25, -0.2) is 9.59 Å². The first-order valence-corrected chi connectivity index (χ1v) is 17.9. The number of aromatic amines is 2. The topological polar surface area (TPSA) is 180 Å². The number of alkyl halides is 2. The molecule has 2 aliphatic rings. The zero-order valence-corrected chi connectivity index (χ0v) is 30.9. The fourth-order valence-electron chi connectivity index (χ4n) is 5.09. The number of aromatic nitrogens is 2. The van der Waals surface area contributed by atoms with E-state index in [1.165, 1.54) is 5.56 Å². The Labute approximate surface area is 323 Å². The van der Waals surface area contributed by atoms with Gasteiger partial charge < -0.3 is 41.5 Å². The van der Waals surface area contributed by atoms with Crippen molar-refractivity contribution in [3.8, 4) is 0 Å². The number of carbonyl (C=O) groups is 3. The van der Waals surface area contributed by atoms with Gasteiger partial charge in [0.2, 0.25) is 0 Å². The minimum Gasteiger partial charge on any atom is -0.368 e. The molecule has 2 aliphatic heterocycles. The zero-order valence-electron chi connectivity index (χ0n) is 29.4. The maximum atomic E-state index is 12.3. The van der Waals surface area contributed by atoms with E-state index in [1.807, 2.05) is 91.8 Å². The number of hydrogen-bond acceptors (Lipinski definition) is 6. The second-order valence-corrected chi connectivity index (χ2v) is 12.5. The van der Waals surface area contributed by atoms with Gasteiger partial charge in [0, 0.05) is 62.8 Å². The van der Waals surface area contributed by atoms with Crippen molar-refractivity contribution in [1.82, 2.24) is 30.8 Å². The lowest BCUT2D eigenvalue weighted by molar-refractivity contribution is -0.191. The summed E-state index contributed by atoms with van der Waals surface area (Å²) < 4.78 is 0. The number of hydrogen-bond donors (Lipinski definition) is 7. The lowest BCUT2D eigenvalue weighted by atomic mass is 10.0. The van der Waals surface area contributed by atoms with E-state index in [4.69, 9.17) is 32.8 Å². The number of nitrogens with one attached hydrogen (secondary N) is 7. The Morgan fingerprint density at radius 2 is 1.17 bits per heavy atom. The van der Waals surface area contributed by atoms with Gasteiger partial charge in [0.15, 0.2) is 0 Å². The molecule has 15 heteroatoms. The predicted molar refractivity (Wildman–Crippen MR) is 213 cm³/mol. The van der Waals surface area contributed by atoms with Crippen LogP contribution in [0, 0.1) is 13.8 Å². The van der Waals surface area contributed by atoms with Gasteiger partial charge in [-0.2, -0.15) is 9.59 Å². The van der Waals surface area contributed by atoms with Gasteiger partial charge in [0.25, 0.3) is 5.91 Å². The first kappa shape index (κ1) is 46.0. The third-order valence-corrected chi connectivity index (χ3v) is 7.75. The third kappa shape index (κ3) is 19.9. The minimum atomic E-state index is -0.200. The number of halogens is 2. The number of H-pyrrole nitrogens is 2. The standard InChI is InChI=1S/C18H22N4O2.C13H19N3O.C4H5N.CH2Cl2.CO2.CH4.H2/c1-13-2-4-15(5-3-13)20-18(24)21-16-7-10-22(11-8-16)17(23)14-6-9-19-12-14;1-10-2-4-11(5-3-10)15-13(17)16-12-6-8-14-9-7-12;1-2-4-5-3-1;2*2-1-3;;/h2-6,9,12,16,19H,7-8,10-11H2,1H3,(H2,20,21,24);2-5,12,14H,6-9H2,1H3,(H2,15,16,17);1-5H;1H2;;1H4;1H/i;;;;;;1+1. The number of piperidine rings is 2. The van der Waals surface area contributed by atoms with Gasteiger partial charge in [-0.05, 0) is 95.1 Å². The minimum absolute atomic E-state index is 0. The van der Waals surface area contributed by atoms with E-state index in [0.717, 1.165) is 55.7 Å². The van der Waals surface area contributed by atoms with Crippen molar-refractivity contribution in [2.24, 2.45) is 0 Å². The lowest BCUT2D eigenvalue weighted by Crippen LogP contribution is -2.47. The average Bonchev–Trinajstić information content (AvgIpc) is 3.91. The Morgan fingerprint density at radius 3 is 1.55 bits per heavy atom. The maximum absolute atomic E-state index is 12.3. The van der Waals surface area contributed by atoms with Gasteiger partial charge in [0.1, 0.15) is 0 Å². The van der Waals surface area contributed by atoms with Crippen molar-refractivity contribution < 1.29 is 25.4 Å². The molecule has 0 spiro atoms. The number of anilines is 2. The van der Waals surface area contributed by atoms with Crippen LogP contribution in [0.3, 0.4) is 0 Å². The normalized spacial score (nSPS) is 13.4. The Balaban J connectivity index is 0.000000813. The van der Waals surface area contributed by atoms with E-state index < -0.39 is 0 Å².